The molecule has 3 aromatic rings. The van der Waals surface area contributed by atoms with E-state index in [2.05, 4.69) is 15.4 Å². The van der Waals surface area contributed by atoms with Gasteiger partial charge in [-0.05, 0) is 38.3 Å². The van der Waals surface area contributed by atoms with Gasteiger partial charge in [0, 0.05) is 12.1 Å². The maximum Gasteiger partial charge on any atom is 0.280 e. The standard InChI is InChI=1S/C24H27FN6O3/c1-14(2)29-12-18-22(24(29)34)30(13-20(32)27-19-8-7-16(25)11-26-19)21-10-17(28-31(21)23(18)33)9-15-5-3-4-6-15/h7-8,10-11,14-15H,3-6,9,12-13H2,1-2H3,(H,26,27,32). The number of amides is 2. The van der Waals surface area contributed by atoms with Crippen LogP contribution in [0.5, 0.6) is 0 Å². The normalized spacial score (nSPS) is 16.1. The third kappa shape index (κ3) is 3.97. The van der Waals surface area contributed by atoms with Gasteiger partial charge in [0.25, 0.3) is 11.5 Å². The van der Waals surface area contributed by atoms with Crippen molar-refractivity contribution in [2.45, 2.75) is 65.1 Å². The molecule has 0 aromatic carbocycles. The van der Waals surface area contributed by atoms with Gasteiger partial charge in [0.05, 0.1) is 24.0 Å². The predicted molar refractivity (Wildman–Crippen MR) is 123 cm³/mol. The Morgan fingerprint density at radius 2 is 2.00 bits per heavy atom. The second-order valence-electron chi connectivity index (χ2n) is 9.42. The molecule has 3 aromatic heterocycles. The lowest BCUT2D eigenvalue weighted by Gasteiger charge is -2.20. The lowest BCUT2D eigenvalue weighted by Crippen LogP contribution is -2.32. The zero-order valence-corrected chi connectivity index (χ0v) is 19.3. The Kier molecular flexibility index (Phi) is 5.66. The number of anilines is 1. The number of nitrogens with one attached hydrogen (secondary N) is 1. The first-order chi connectivity index (χ1) is 16.3. The molecule has 0 unspecified atom stereocenters. The van der Waals surface area contributed by atoms with Crippen molar-refractivity contribution in [3.05, 3.63) is 57.5 Å². The number of nitrogens with zero attached hydrogens (tertiary/aromatic N) is 5. The number of hydrogen-bond acceptors (Lipinski definition) is 5. The van der Waals surface area contributed by atoms with E-state index in [1.807, 2.05) is 19.9 Å². The van der Waals surface area contributed by atoms with E-state index >= 15 is 0 Å². The number of fused-ring (bicyclic) bond motifs is 2. The van der Waals surface area contributed by atoms with Gasteiger partial charge in [0.2, 0.25) is 5.91 Å². The number of carbonyl (C=O) groups is 2. The highest BCUT2D eigenvalue weighted by atomic mass is 19.1. The van der Waals surface area contributed by atoms with Gasteiger partial charge in [0.15, 0.2) is 0 Å². The Balaban J connectivity index is 1.56. The number of aromatic nitrogens is 4. The van der Waals surface area contributed by atoms with Crippen molar-refractivity contribution >= 4 is 23.3 Å². The average molecular weight is 467 g/mol. The first kappa shape index (κ1) is 22.2. The summed E-state index contributed by atoms with van der Waals surface area (Å²) in [7, 11) is 0. The first-order valence-corrected chi connectivity index (χ1v) is 11.7. The molecule has 1 fully saturated rings. The Morgan fingerprint density at radius 3 is 2.68 bits per heavy atom. The number of halogens is 1. The van der Waals surface area contributed by atoms with Crippen LogP contribution >= 0.6 is 0 Å². The maximum atomic E-state index is 13.3. The van der Waals surface area contributed by atoms with Gasteiger partial charge < -0.3 is 14.8 Å². The minimum Gasteiger partial charge on any atom is -0.330 e. The van der Waals surface area contributed by atoms with Crippen LogP contribution in [-0.4, -0.2) is 41.9 Å². The maximum absolute atomic E-state index is 13.3. The summed E-state index contributed by atoms with van der Waals surface area (Å²) in [6.07, 6.45) is 6.48. The van der Waals surface area contributed by atoms with Gasteiger partial charge in [-0.25, -0.2) is 9.37 Å². The number of hydrogen-bond donors (Lipinski definition) is 1. The molecule has 2 amide bonds. The topological polar surface area (TPSA) is 102 Å². The minimum atomic E-state index is -0.508. The van der Waals surface area contributed by atoms with Crippen molar-refractivity contribution in [1.82, 2.24) is 24.1 Å². The van der Waals surface area contributed by atoms with E-state index in [-0.39, 0.29) is 42.1 Å². The van der Waals surface area contributed by atoms with Gasteiger partial charge in [-0.1, -0.05) is 25.7 Å². The Labute approximate surface area is 195 Å². The van der Waals surface area contributed by atoms with Crippen LogP contribution < -0.4 is 10.9 Å². The molecular weight excluding hydrogens is 439 g/mol. The number of rotatable bonds is 6. The summed E-state index contributed by atoms with van der Waals surface area (Å²) < 4.78 is 16.1. The van der Waals surface area contributed by atoms with Crippen LogP contribution in [0.25, 0.3) is 5.65 Å². The summed E-state index contributed by atoms with van der Waals surface area (Å²) in [5, 5.41) is 7.21. The summed E-state index contributed by atoms with van der Waals surface area (Å²) in [4.78, 5) is 45.0. The summed E-state index contributed by atoms with van der Waals surface area (Å²) in [5.41, 5.74) is 1.44. The molecule has 1 aliphatic carbocycles. The summed E-state index contributed by atoms with van der Waals surface area (Å²) in [6.45, 7) is 3.74. The third-order valence-corrected chi connectivity index (χ3v) is 6.71. The van der Waals surface area contributed by atoms with Crippen LogP contribution in [0.2, 0.25) is 0 Å². The molecule has 5 rings (SSSR count). The molecule has 2 aliphatic rings. The zero-order valence-electron chi connectivity index (χ0n) is 19.3. The Morgan fingerprint density at radius 1 is 1.24 bits per heavy atom. The molecule has 0 saturated heterocycles. The summed E-state index contributed by atoms with van der Waals surface area (Å²) in [6, 6.07) is 4.28. The lowest BCUT2D eigenvalue weighted by molar-refractivity contribution is -0.116. The molecule has 0 radical (unpaired) electrons. The Bertz CT molecular complexity index is 1320. The van der Waals surface area contributed by atoms with E-state index in [1.165, 1.54) is 29.5 Å². The molecule has 9 nitrogen and oxygen atoms in total. The highest BCUT2D eigenvalue weighted by Crippen LogP contribution is 2.29. The van der Waals surface area contributed by atoms with Gasteiger partial charge in [0.1, 0.15) is 29.5 Å². The highest BCUT2D eigenvalue weighted by molar-refractivity contribution is 5.98. The molecule has 0 atom stereocenters. The molecule has 10 heteroatoms. The van der Waals surface area contributed by atoms with E-state index in [9.17, 15) is 18.8 Å². The van der Waals surface area contributed by atoms with Crippen LogP contribution in [0, 0.1) is 11.7 Å². The fraction of sp³-hybridized carbons (Fsp3) is 0.458. The van der Waals surface area contributed by atoms with Crippen LogP contribution in [0.15, 0.2) is 29.2 Å². The number of pyridine rings is 1. The minimum absolute atomic E-state index is 0.102. The van der Waals surface area contributed by atoms with Gasteiger partial charge in [-0.2, -0.15) is 9.61 Å². The van der Waals surface area contributed by atoms with Crippen LogP contribution in [0.4, 0.5) is 10.2 Å². The molecule has 1 saturated carbocycles. The van der Waals surface area contributed by atoms with Crippen molar-refractivity contribution in [3.8, 4) is 0 Å². The van der Waals surface area contributed by atoms with Gasteiger partial charge >= 0.3 is 0 Å². The smallest absolute Gasteiger partial charge is 0.280 e. The molecule has 0 bridgehead atoms. The second kappa shape index (κ2) is 8.66. The molecule has 178 valence electrons. The molecule has 1 N–H and O–H groups in total. The molecule has 4 heterocycles. The van der Waals surface area contributed by atoms with Crippen molar-refractivity contribution in [2.75, 3.05) is 5.32 Å². The van der Waals surface area contributed by atoms with E-state index < -0.39 is 11.7 Å². The molecule has 1 aliphatic heterocycles. The fourth-order valence-corrected chi connectivity index (χ4v) is 5.00. The van der Waals surface area contributed by atoms with Crippen molar-refractivity contribution in [2.24, 2.45) is 5.92 Å². The van der Waals surface area contributed by atoms with Gasteiger partial charge in [-0.3, -0.25) is 14.4 Å². The average Bonchev–Trinajstić information content (AvgIpc) is 3.53. The second-order valence-corrected chi connectivity index (χ2v) is 9.42. The number of carbonyl (C=O) groups excluding carboxylic acids is 2. The van der Waals surface area contributed by atoms with Crippen molar-refractivity contribution in [1.29, 1.82) is 0 Å². The largest absolute Gasteiger partial charge is 0.330 e. The molecular formula is C24H27FN6O3. The SMILES string of the molecule is CC(C)N1Cc2c(n(CC(=O)Nc3ccc(F)cn3)c3cc(CC4CCCC4)nn3c2=O)C1=O. The third-order valence-electron chi connectivity index (χ3n) is 6.71. The molecule has 34 heavy (non-hydrogen) atoms. The van der Waals surface area contributed by atoms with E-state index in [4.69, 9.17) is 0 Å². The monoisotopic (exact) mass is 466 g/mol. The highest BCUT2D eigenvalue weighted by Gasteiger charge is 2.36. The first-order valence-electron chi connectivity index (χ1n) is 11.7. The van der Waals surface area contributed by atoms with Crippen LogP contribution in [-0.2, 0) is 24.3 Å². The van der Waals surface area contributed by atoms with E-state index in [1.54, 1.807) is 9.47 Å². The predicted octanol–water partition coefficient (Wildman–Crippen LogP) is 2.77. The molecule has 0 spiro atoms. The van der Waals surface area contributed by atoms with Crippen molar-refractivity contribution < 1.29 is 14.0 Å². The van der Waals surface area contributed by atoms with Crippen LogP contribution in [0.3, 0.4) is 0 Å². The fourth-order valence-electron chi connectivity index (χ4n) is 5.00. The van der Waals surface area contributed by atoms with E-state index in [0.29, 0.717) is 17.1 Å². The summed E-state index contributed by atoms with van der Waals surface area (Å²) >= 11 is 0. The van der Waals surface area contributed by atoms with Crippen molar-refractivity contribution in [3.63, 3.8) is 0 Å². The quantitative estimate of drug-likeness (QED) is 0.602. The lowest BCUT2D eigenvalue weighted by atomic mass is 10.0. The van der Waals surface area contributed by atoms with E-state index in [0.717, 1.165) is 31.2 Å². The zero-order chi connectivity index (χ0) is 24.0. The summed E-state index contributed by atoms with van der Waals surface area (Å²) in [5.74, 6) is -0.500. The van der Waals surface area contributed by atoms with Crippen LogP contribution in [0.1, 0.15) is 61.3 Å². The Hall–Kier alpha value is -3.56. The van der Waals surface area contributed by atoms with Gasteiger partial charge in [-0.15, -0.1) is 0 Å².